The number of rotatable bonds is 5. The molecule has 2 aromatic rings. The van der Waals surface area contributed by atoms with Gasteiger partial charge in [0.05, 0.1) is 16.5 Å². The summed E-state index contributed by atoms with van der Waals surface area (Å²) in [6.45, 7) is 1.30. The minimum atomic E-state index is -1.00. The van der Waals surface area contributed by atoms with Gasteiger partial charge in [-0.15, -0.1) is 0 Å². The molecule has 0 bridgehead atoms. The van der Waals surface area contributed by atoms with Gasteiger partial charge in [0, 0.05) is 5.69 Å². The highest BCUT2D eigenvalue weighted by Crippen LogP contribution is 2.27. The smallest absolute Gasteiger partial charge is 0.257 e. The van der Waals surface area contributed by atoms with Crippen molar-refractivity contribution in [2.75, 3.05) is 5.32 Å². The Morgan fingerprint density at radius 1 is 1.09 bits per heavy atom. The third kappa shape index (κ3) is 3.40. The molecule has 0 radical (unpaired) electrons. The van der Waals surface area contributed by atoms with Gasteiger partial charge in [-0.25, -0.2) is 0 Å². The summed E-state index contributed by atoms with van der Waals surface area (Å²) in [4.78, 5) is 35.3. The number of anilines is 1. The van der Waals surface area contributed by atoms with E-state index in [-0.39, 0.29) is 16.4 Å². The van der Waals surface area contributed by atoms with Crippen molar-refractivity contribution in [1.29, 1.82) is 0 Å². The lowest BCUT2D eigenvalue weighted by atomic mass is 9.92. The standard InChI is InChI=1S/C17H14ClNO3/c1-11(21)14(10-20)13-8-5-9-15(18)16(13)17(22)19-12-6-3-2-4-7-12/h2-10,14H,1H3,(H,19,22). The summed E-state index contributed by atoms with van der Waals surface area (Å²) in [5.41, 5.74) is 1.05. The molecular weight excluding hydrogens is 302 g/mol. The van der Waals surface area contributed by atoms with Gasteiger partial charge >= 0.3 is 0 Å². The Kier molecular flexibility index (Phi) is 5.07. The number of hydrogen-bond acceptors (Lipinski definition) is 3. The number of hydrogen-bond donors (Lipinski definition) is 1. The van der Waals surface area contributed by atoms with Crippen molar-refractivity contribution < 1.29 is 14.4 Å². The number of carbonyl (C=O) groups excluding carboxylic acids is 3. The van der Waals surface area contributed by atoms with E-state index in [2.05, 4.69) is 5.32 Å². The van der Waals surface area contributed by atoms with Crippen LogP contribution in [-0.2, 0) is 9.59 Å². The molecular formula is C17H14ClNO3. The predicted molar refractivity (Wildman–Crippen MR) is 85.3 cm³/mol. The zero-order chi connectivity index (χ0) is 16.1. The molecule has 1 atom stereocenters. The normalized spacial score (nSPS) is 11.5. The quantitative estimate of drug-likeness (QED) is 0.679. The fraction of sp³-hybridized carbons (Fsp3) is 0.118. The maximum absolute atomic E-state index is 12.5. The van der Waals surface area contributed by atoms with Crippen LogP contribution in [0.25, 0.3) is 0 Å². The van der Waals surface area contributed by atoms with Crippen LogP contribution in [0.2, 0.25) is 5.02 Å². The molecule has 2 aromatic carbocycles. The molecule has 0 aromatic heterocycles. The highest BCUT2D eigenvalue weighted by atomic mass is 35.5. The molecule has 1 N–H and O–H groups in total. The van der Waals surface area contributed by atoms with Crippen LogP contribution >= 0.6 is 11.6 Å². The largest absolute Gasteiger partial charge is 0.322 e. The van der Waals surface area contributed by atoms with E-state index in [1.165, 1.54) is 6.92 Å². The number of para-hydroxylation sites is 1. The average molecular weight is 316 g/mol. The Labute approximate surface area is 133 Å². The fourth-order valence-electron chi connectivity index (χ4n) is 2.14. The molecule has 22 heavy (non-hydrogen) atoms. The maximum Gasteiger partial charge on any atom is 0.257 e. The van der Waals surface area contributed by atoms with E-state index >= 15 is 0 Å². The lowest BCUT2D eigenvalue weighted by Gasteiger charge is -2.14. The van der Waals surface area contributed by atoms with Gasteiger partial charge in [-0.3, -0.25) is 9.59 Å². The molecule has 0 saturated carbocycles. The third-order valence-corrected chi connectivity index (χ3v) is 3.53. The molecule has 0 saturated heterocycles. The molecule has 0 aliphatic carbocycles. The van der Waals surface area contributed by atoms with E-state index in [4.69, 9.17) is 11.6 Å². The van der Waals surface area contributed by atoms with Crippen LogP contribution in [0.3, 0.4) is 0 Å². The predicted octanol–water partition coefficient (Wildman–Crippen LogP) is 3.46. The van der Waals surface area contributed by atoms with Crippen LogP contribution in [0, 0.1) is 0 Å². The zero-order valence-corrected chi connectivity index (χ0v) is 12.6. The van der Waals surface area contributed by atoms with Crippen molar-refractivity contribution in [1.82, 2.24) is 0 Å². The van der Waals surface area contributed by atoms with E-state index < -0.39 is 11.8 Å². The second-order valence-corrected chi connectivity index (χ2v) is 5.16. The van der Waals surface area contributed by atoms with Crippen molar-refractivity contribution in [2.24, 2.45) is 0 Å². The molecule has 0 spiro atoms. The molecule has 1 amide bonds. The van der Waals surface area contributed by atoms with Gasteiger partial charge < -0.3 is 10.1 Å². The Bertz CT molecular complexity index is 713. The number of benzene rings is 2. The summed E-state index contributed by atoms with van der Waals surface area (Å²) in [7, 11) is 0. The first-order valence-electron chi connectivity index (χ1n) is 6.65. The summed E-state index contributed by atoms with van der Waals surface area (Å²) in [5, 5.41) is 2.90. The first-order chi connectivity index (χ1) is 10.5. The number of nitrogens with one attached hydrogen (secondary N) is 1. The molecule has 0 heterocycles. The molecule has 0 fully saturated rings. The SMILES string of the molecule is CC(=O)C(C=O)c1cccc(Cl)c1C(=O)Nc1ccccc1. The van der Waals surface area contributed by atoms with Crippen LogP contribution in [0.5, 0.6) is 0 Å². The monoisotopic (exact) mass is 315 g/mol. The molecule has 1 unspecified atom stereocenters. The van der Waals surface area contributed by atoms with Crippen LogP contribution < -0.4 is 5.32 Å². The van der Waals surface area contributed by atoms with E-state index in [0.29, 0.717) is 17.5 Å². The van der Waals surface area contributed by atoms with Gasteiger partial charge in [0.15, 0.2) is 0 Å². The Morgan fingerprint density at radius 3 is 2.36 bits per heavy atom. The van der Waals surface area contributed by atoms with Gasteiger partial charge in [0.1, 0.15) is 12.1 Å². The van der Waals surface area contributed by atoms with E-state index in [0.717, 1.165) is 0 Å². The van der Waals surface area contributed by atoms with Crippen molar-refractivity contribution >= 4 is 35.3 Å². The molecule has 4 nitrogen and oxygen atoms in total. The first-order valence-corrected chi connectivity index (χ1v) is 7.03. The molecule has 0 aliphatic heterocycles. The van der Waals surface area contributed by atoms with Crippen LogP contribution in [-0.4, -0.2) is 18.0 Å². The summed E-state index contributed by atoms with van der Waals surface area (Å²) in [6.07, 6.45) is 0.521. The molecule has 2 rings (SSSR count). The average Bonchev–Trinajstić information content (AvgIpc) is 2.48. The second-order valence-electron chi connectivity index (χ2n) is 4.75. The fourth-order valence-corrected chi connectivity index (χ4v) is 2.41. The van der Waals surface area contributed by atoms with Gasteiger partial charge in [-0.1, -0.05) is 41.9 Å². The van der Waals surface area contributed by atoms with Crippen molar-refractivity contribution in [3.05, 3.63) is 64.7 Å². The number of ketones is 1. The number of halogens is 1. The highest BCUT2D eigenvalue weighted by molar-refractivity contribution is 6.35. The highest BCUT2D eigenvalue weighted by Gasteiger charge is 2.24. The van der Waals surface area contributed by atoms with Gasteiger partial charge in [0.25, 0.3) is 5.91 Å². The van der Waals surface area contributed by atoms with E-state index in [1.807, 2.05) is 6.07 Å². The van der Waals surface area contributed by atoms with Crippen molar-refractivity contribution in [2.45, 2.75) is 12.8 Å². The van der Waals surface area contributed by atoms with Crippen molar-refractivity contribution in [3.8, 4) is 0 Å². The van der Waals surface area contributed by atoms with E-state index in [1.54, 1.807) is 42.5 Å². The van der Waals surface area contributed by atoms with Crippen LogP contribution in [0.1, 0.15) is 28.8 Å². The first kappa shape index (κ1) is 15.9. The molecule has 0 aliphatic rings. The third-order valence-electron chi connectivity index (χ3n) is 3.21. The van der Waals surface area contributed by atoms with Gasteiger partial charge in [0.2, 0.25) is 0 Å². The van der Waals surface area contributed by atoms with Crippen LogP contribution in [0.4, 0.5) is 5.69 Å². The molecule has 112 valence electrons. The van der Waals surface area contributed by atoms with Crippen LogP contribution in [0.15, 0.2) is 48.5 Å². The Hall–Kier alpha value is -2.46. The minimum absolute atomic E-state index is 0.139. The molecule has 5 heteroatoms. The maximum atomic E-state index is 12.5. The van der Waals surface area contributed by atoms with E-state index in [9.17, 15) is 14.4 Å². The number of carbonyl (C=O) groups is 3. The summed E-state index contributed by atoms with van der Waals surface area (Å²) < 4.78 is 0. The summed E-state index contributed by atoms with van der Waals surface area (Å²) in [5.74, 6) is -1.80. The topological polar surface area (TPSA) is 63.2 Å². The second kappa shape index (κ2) is 7.00. The van der Waals surface area contributed by atoms with Crippen molar-refractivity contribution in [3.63, 3.8) is 0 Å². The lowest BCUT2D eigenvalue weighted by molar-refractivity contribution is -0.122. The number of aldehydes is 1. The number of amides is 1. The summed E-state index contributed by atoms with van der Waals surface area (Å²) >= 11 is 6.11. The number of Topliss-reactive ketones (excluding diaryl/α,β-unsaturated/α-hetero) is 1. The zero-order valence-electron chi connectivity index (χ0n) is 11.9. The lowest BCUT2D eigenvalue weighted by Crippen LogP contribution is -2.19. The Balaban J connectivity index is 2.43. The Morgan fingerprint density at radius 2 is 1.77 bits per heavy atom. The van der Waals surface area contributed by atoms with Gasteiger partial charge in [-0.2, -0.15) is 0 Å². The summed E-state index contributed by atoms with van der Waals surface area (Å²) in [6, 6.07) is 13.6. The van der Waals surface area contributed by atoms with Gasteiger partial charge in [-0.05, 0) is 30.7 Å². The minimum Gasteiger partial charge on any atom is -0.322 e.